The topological polar surface area (TPSA) is 147 Å². The predicted octanol–water partition coefficient (Wildman–Crippen LogP) is 5.22. The van der Waals surface area contributed by atoms with Crippen LogP contribution in [0.25, 0.3) is 0 Å². The SMILES string of the molecule is COc1ccc([C@H]2C3=CC[C@@H]4C(=O)N(c5ccc([N+](=O)[O-])cc5)C(=O)[C@@H]4[C@@H]3C[C@@]3(Cl)C(=O)N(c4ccc(F)cc4)C(=O)[C@@]23Cl)cc1O. The lowest BCUT2D eigenvalue weighted by atomic mass is 9.56. The van der Waals surface area contributed by atoms with Crippen molar-refractivity contribution >= 4 is 63.9 Å². The third-order valence-corrected chi connectivity index (χ3v) is 11.2. The molecule has 3 aromatic rings. The van der Waals surface area contributed by atoms with Crippen LogP contribution in [-0.4, -0.2) is 50.5 Å². The molecule has 4 aliphatic rings. The smallest absolute Gasteiger partial charge is 0.269 e. The summed E-state index contributed by atoms with van der Waals surface area (Å²) < 4.78 is 19.0. The van der Waals surface area contributed by atoms with Gasteiger partial charge in [-0.15, -0.1) is 23.2 Å². The molecule has 2 aliphatic carbocycles. The second kappa shape index (κ2) is 10.6. The van der Waals surface area contributed by atoms with Crippen molar-refractivity contribution in [3.8, 4) is 11.5 Å². The second-order valence-corrected chi connectivity index (χ2v) is 13.2. The Morgan fingerprint density at radius 3 is 2.17 bits per heavy atom. The maximum Gasteiger partial charge on any atom is 0.269 e. The highest BCUT2D eigenvalue weighted by molar-refractivity contribution is 6.58. The van der Waals surface area contributed by atoms with E-state index in [2.05, 4.69) is 0 Å². The van der Waals surface area contributed by atoms with E-state index in [0.717, 1.165) is 21.9 Å². The number of non-ortho nitro benzene ring substituents is 1. The zero-order valence-corrected chi connectivity index (χ0v) is 25.9. The van der Waals surface area contributed by atoms with Crippen LogP contribution >= 0.6 is 23.2 Å². The highest BCUT2D eigenvalue weighted by Crippen LogP contribution is 2.66. The largest absolute Gasteiger partial charge is 0.504 e. The number of alkyl halides is 2. The minimum atomic E-state index is -2.17. The standard InChI is InChI=1S/C33H24Cl2FN3O8/c1-47-25-13-2-16(14-24(25)40)27-21-11-12-22-26(29(42)37(28(22)41)18-7-9-20(10-8-18)39(45)46)23(21)15-32(34)30(43)38(31(44)33(27,32)35)19-5-3-17(36)4-6-19/h2-11,13-14,22-23,26-27,40H,12,15H2,1H3/t22-,23+,26-,27-,32+,33-/m0/s1. The van der Waals surface area contributed by atoms with Gasteiger partial charge in [0.2, 0.25) is 11.8 Å². The number of phenols is 1. The quantitative estimate of drug-likeness (QED) is 0.127. The third kappa shape index (κ3) is 4.17. The fourth-order valence-electron chi connectivity index (χ4n) is 7.64. The molecule has 3 aromatic carbocycles. The van der Waals surface area contributed by atoms with Crippen molar-refractivity contribution in [2.75, 3.05) is 16.9 Å². The van der Waals surface area contributed by atoms with Gasteiger partial charge in [0.1, 0.15) is 5.82 Å². The van der Waals surface area contributed by atoms with E-state index in [1.165, 1.54) is 55.6 Å². The Labute approximate surface area is 276 Å². The molecule has 2 heterocycles. The molecule has 0 unspecified atom stereocenters. The number of nitrogens with zero attached hydrogens (tertiary/aromatic N) is 3. The van der Waals surface area contributed by atoms with Gasteiger partial charge in [-0.2, -0.15) is 0 Å². The van der Waals surface area contributed by atoms with Crippen LogP contribution in [0.4, 0.5) is 21.5 Å². The van der Waals surface area contributed by atoms with Gasteiger partial charge in [-0.25, -0.2) is 9.29 Å². The Kier molecular flexibility index (Phi) is 6.96. The number of hydrogen-bond acceptors (Lipinski definition) is 8. The molecule has 14 heteroatoms. The number of benzene rings is 3. The molecule has 1 saturated carbocycles. The van der Waals surface area contributed by atoms with Gasteiger partial charge >= 0.3 is 0 Å². The van der Waals surface area contributed by atoms with E-state index in [9.17, 15) is 38.8 Å². The lowest BCUT2D eigenvalue weighted by Crippen LogP contribution is -2.60. The molecular formula is C33H24Cl2FN3O8. The van der Waals surface area contributed by atoms with Crippen LogP contribution in [0.2, 0.25) is 0 Å². The van der Waals surface area contributed by atoms with E-state index in [1.54, 1.807) is 12.1 Å². The van der Waals surface area contributed by atoms with Gasteiger partial charge in [0.05, 0.1) is 35.2 Å². The first-order valence-electron chi connectivity index (χ1n) is 14.5. The van der Waals surface area contributed by atoms with Gasteiger partial charge < -0.3 is 9.84 Å². The first kappa shape index (κ1) is 30.8. The average molecular weight is 680 g/mol. The monoisotopic (exact) mass is 679 g/mol. The molecule has 2 saturated heterocycles. The average Bonchev–Trinajstić information content (AvgIpc) is 3.39. The van der Waals surface area contributed by atoms with Crippen LogP contribution in [-0.2, 0) is 19.2 Å². The van der Waals surface area contributed by atoms with Crippen molar-refractivity contribution in [3.63, 3.8) is 0 Å². The molecule has 240 valence electrons. The molecular weight excluding hydrogens is 656 g/mol. The second-order valence-electron chi connectivity index (χ2n) is 12.0. The van der Waals surface area contributed by atoms with Crippen LogP contribution in [0.15, 0.2) is 78.4 Å². The minimum Gasteiger partial charge on any atom is -0.504 e. The highest BCUT2D eigenvalue weighted by Gasteiger charge is 2.76. The van der Waals surface area contributed by atoms with Gasteiger partial charge in [-0.1, -0.05) is 17.7 Å². The van der Waals surface area contributed by atoms with E-state index in [4.69, 9.17) is 27.9 Å². The zero-order valence-electron chi connectivity index (χ0n) is 24.4. The van der Waals surface area contributed by atoms with E-state index in [0.29, 0.717) is 11.1 Å². The number of hydrogen-bond donors (Lipinski definition) is 1. The third-order valence-electron chi connectivity index (χ3n) is 9.75. The first-order chi connectivity index (χ1) is 22.3. The number of aromatic hydroxyl groups is 1. The number of fused-ring (bicyclic) bond motifs is 4. The fourth-order valence-corrected chi connectivity index (χ4v) is 8.57. The maximum absolute atomic E-state index is 14.4. The summed E-state index contributed by atoms with van der Waals surface area (Å²) in [5, 5.41) is 21.9. The van der Waals surface area contributed by atoms with Crippen molar-refractivity contribution in [1.29, 1.82) is 0 Å². The molecule has 7 rings (SSSR count). The Morgan fingerprint density at radius 2 is 1.55 bits per heavy atom. The number of nitro benzene ring substituents is 1. The Morgan fingerprint density at radius 1 is 0.915 bits per heavy atom. The van der Waals surface area contributed by atoms with Crippen LogP contribution in [0.1, 0.15) is 24.3 Å². The zero-order chi connectivity index (χ0) is 33.6. The molecule has 2 aliphatic heterocycles. The van der Waals surface area contributed by atoms with Gasteiger partial charge in [0.25, 0.3) is 17.5 Å². The van der Waals surface area contributed by atoms with Crippen molar-refractivity contribution in [3.05, 3.63) is 99.9 Å². The van der Waals surface area contributed by atoms with Crippen molar-refractivity contribution in [2.24, 2.45) is 17.8 Å². The molecule has 1 N–H and O–H groups in total. The van der Waals surface area contributed by atoms with Crippen molar-refractivity contribution in [2.45, 2.75) is 28.5 Å². The normalized spacial score (nSPS) is 29.7. The molecule has 0 aromatic heterocycles. The molecule has 0 bridgehead atoms. The summed E-state index contributed by atoms with van der Waals surface area (Å²) in [7, 11) is 1.36. The number of carbonyl (C=O) groups is 4. The van der Waals surface area contributed by atoms with Crippen LogP contribution in [0.3, 0.4) is 0 Å². The van der Waals surface area contributed by atoms with Crippen molar-refractivity contribution in [1.82, 2.24) is 0 Å². The summed E-state index contributed by atoms with van der Waals surface area (Å²) in [5.74, 6) is -7.44. The number of amides is 4. The molecule has 47 heavy (non-hydrogen) atoms. The lowest BCUT2D eigenvalue weighted by Gasteiger charge is -2.50. The van der Waals surface area contributed by atoms with Crippen LogP contribution in [0, 0.1) is 33.7 Å². The number of nitro groups is 1. The first-order valence-corrected chi connectivity index (χ1v) is 15.3. The number of methoxy groups -OCH3 is 1. The van der Waals surface area contributed by atoms with Crippen LogP contribution < -0.4 is 14.5 Å². The molecule has 6 atom stereocenters. The molecule has 11 nitrogen and oxygen atoms in total. The number of anilines is 2. The van der Waals surface area contributed by atoms with E-state index < -0.39 is 67.8 Å². The summed E-state index contributed by atoms with van der Waals surface area (Å²) in [4.78, 5) is 64.6. The molecule has 3 fully saturated rings. The summed E-state index contributed by atoms with van der Waals surface area (Å²) in [6, 6.07) is 14.1. The number of ether oxygens (including phenoxy) is 1. The van der Waals surface area contributed by atoms with Gasteiger partial charge in [-0.05, 0) is 72.9 Å². The Balaban J connectivity index is 1.37. The molecule has 4 amide bonds. The number of halogens is 3. The minimum absolute atomic E-state index is 0.0403. The number of imide groups is 2. The van der Waals surface area contributed by atoms with Gasteiger partial charge in [-0.3, -0.25) is 34.2 Å². The van der Waals surface area contributed by atoms with E-state index in [-0.39, 0.29) is 41.4 Å². The number of allylic oxidation sites excluding steroid dienone is 2. The van der Waals surface area contributed by atoms with Gasteiger partial charge in [0.15, 0.2) is 21.2 Å². The molecule has 0 radical (unpaired) electrons. The van der Waals surface area contributed by atoms with Crippen molar-refractivity contribution < 1.29 is 38.3 Å². The fraction of sp³-hybridized carbons (Fsp3) is 0.273. The van der Waals surface area contributed by atoms with Crippen LogP contribution in [0.5, 0.6) is 11.5 Å². The van der Waals surface area contributed by atoms with E-state index in [1.807, 2.05) is 0 Å². The highest BCUT2D eigenvalue weighted by atomic mass is 35.5. The summed E-state index contributed by atoms with van der Waals surface area (Å²) in [5.41, 5.74) is 0.777. The lowest BCUT2D eigenvalue weighted by molar-refractivity contribution is -0.384. The molecule has 0 spiro atoms. The summed E-state index contributed by atoms with van der Waals surface area (Å²) in [6.07, 6.45) is 1.54. The predicted molar refractivity (Wildman–Crippen MR) is 167 cm³/mol. The number of carbonyl (C=O) groups excluding carboxylic acids is 4. The van der Waals surface area contributed by atoms with E-state index >= 15 is 0 Å². The van der Waals surface area contributed by atoms with Gasteiger partial charge in [0, 0.05) is 18.1 Å². The maximum atomic E-state index is 14.4. The summed E-state index contributed by atoms with van der Waals surface area (Å²) >= 11 is 14.6. The Bertz CT molecular complexity index is 1940. The number of rotatable bonds is 5. The Hall–Kier alpha value is -4.81. The number of phenolic OH excluding ortho intramolecular Hbond substituents is 1. The summed E-state index contributed by atoms with van der Waals surface area (Å²) in [6.45, 7) is 0.